The summed E-state index contributed by atoms with van der Waals surface area (Å²) in [4.78, 5) is 1.21. The van der Waals surface area contributed by atoms with Gasteiger partial charge in [-0.05, 0) is 19.1 Å². The molecule has 0 aromatic heterocycles. The Labute approximate surface area is 98.0 Å². The van der Waals surface area contributed by atoms with Crippen molar-refractivity contribution in [3.05, 3.63) is 18.2 Å². The number of benzene rings is 1. The summed E-state index contributed by atoms with van der Waals surface area (Å²) in [6, 6.07) is 4.59. The van der Waals surface area contributed by atoms with E-state index in [4.69, 9.17) is 10.5 Å². The Morgan fingerprint density at radius 1 is 1.35 bits per heavy atom. The molecule has 0 amide bonds. The average Bonchev–Trinajstić information content (AvgIpc) is 2.25. The van der Waals surface area contributed by atoms with E-state index in [-0.39, 0.29) is 6.54 Å². The van der Waals surface area contributed by atoms with Gasteiger partial charge in [0.15, 0.2) is 0 Å². The number of ether oxygens (including phenoxy) is 1. The first-order chi connectivity index (χ1) is 7.87. The largest absolute Gasteiger partial charge is 0.495 e. The lowest BCUT2D eigenvalue weighted by Crippen LogP contribution is -2.34. The zero-order valence-electron chi connectivity index (χ0n) is 9.71. The summed E-state index contributed by atoms with van der Waals surface area (Å²) in [6.45, 7) is 0.928. The third kappa shape index (κ3) is 3.72. The molecule has 0 saturated heterocycles. The van der Waals surface area contributed by atoms with Gasteiger partial charge in [-0.1, -0.05) is 0 Å². The van der Waals surface area contributed by atoms with E-state index in [9.17, 15) is 13.2 Å². The van der Waals surface area contributed by atoms with Crippen molar-refractivity contribution >= 4 is 11.4 Å². The number of nitrogens with zero attached hydrogens (tertiary/aromatic N) is 1. The van der Waals surface area contributed by atoms with Gasteiger partial charge >= 0.3 is 6.18 Å². The first kappa shape index (κ1) is 13.5. The minimum atomic E-state index is -4.23. The van der Waals surface area contributed by atoms with Crippen LogP contribution >= 0.6 is 0 Å². The highest BCUT2D eigenvalue weighted by atomic mass is 19.4. The summed E-state index contributed by atoms with van der Waals surface area (Å²) in [5.41, 5.74) is 6.45. The SMILES string of the molecule is CCN(CC(F)(F)F)c1ccc(N)c(OC)c1. The molecular formula is C11H15F3N2O. The van der Waals surface area contributed by atoms with Crippen LogP contribution in [-0.2, 0) is 0 Å². The Kier molecular flexibility index (Phi) is 4.09. The van der Waals surface area contributed by atoms with Gasteiger partial charge in [0.25, 0.3) is 0 Å². The minimum Gasteiger partial charge on any atom is -0.495 e. The zero-order chi connectivity index (χ0) is 13.1. The Balaban J connectivity index is 2.96. The van der Waals surface area contributed by atoms with Crippen molar-refractivity contribution in [2.75, 3.05) is 30.8 Å². The Bertz CT molecular complexity index is 379. The van der Waals surface area contributed by atoms with Crippen LogP contribution in [0.3, 0.4) is 0 Å². The number of nitrogens with two attached hydrogens (primary N) is 1. The van der Waals surface area contributed by atoms with Gasteiger partial charge < -0.3 is 15.4 Å². The van der Waals surface area contributed by atoms with Crippen LogP contribution in [0.2, 0.25) is 0 Å². The second-order valence-corrected chi connectivity index (χ2v) is 3.56. The van der Waals surface area contributed by atoms with E-state index >= 15 is 0 Å². The molecular weight excluding hydrogens is 233 g/mol. The maximum absolute atomic E-state index is 12.3. The Hall–Kier alpha value is -1.59. The molecule has 0 unspecified atom stereocenters. The molecule has 0 fully saturated rings. The van der Waals surface area contributed by atoms with Crippen molar-refractivity contribution in [1.29, 1.82) is 0 Å². The fourth-order valence-electron chi connectivity index (χ4n) is 1.50. The normalized spacial score (nSPS) is 11.4. The van der Waals surface area contributed by atoms with Gasteiger partial charge in [-0.3, -0.25) is 0 Å². The van der Waals surface area contributed by atoms with E-state index in [2.05, 4.69) is 0 Å². The Morgan fingerprint density at radius 3 is 2.47 bits per heavy atom. The molecule has 6 heteroatoms. The Morgan fingerprint density at radius 2 is 2.00 bits per heavy atom. The molecule has 0 bridgehead atoms. The number of hydrogen-bond acceptors (Lipinski definition) is 3. The molecule has 1 rings (SSSR count). The number of rotatable bonds is 4. The predicted octanol–water partition coefficient (Wildman–Crippen LogP) is 2.67. The number of methoxy groups -OCH3 is 1. The third-order valence-electron chi connectivity index (χ3n) is 2.33. The molecule has 0 aliphatic heterocycles. The summed E-state index contributed by atoms with van der Waals surface area (Å²) in [7, 11) is 1.43. The maximum atomic E-state index is 12.3. The molecule has 3 nitrogen and oxygen atoms in total. The molecule has 0 atom stereocenters. The number of halogens is 3. The van der Waals surface area contributed by atoms with Crippen LogP contribution in [0.15, 0.2) is 18.2 Å². The first-order valence-electron chi connectivity index (χ1n) is 5.12. The summed E-state index contributed by atoms with van der Waals surface area (Å²) in [5.74, 6) is 0.378. The quantitative estimate of drug-likeness (QED) is 0.832. The minimum absolute atomic E-state index is 0.257. The van der Waals surface area contributed by atoms with Gasteiger partial charge in [-0.15, -0.1) is 0 Å². The van der Waals surface area contributed by atoms with Crippen LogP contribution < -0.4 is 15.4 Å². The number of hydrogen-bond donors (Lipinski definition) is 1. The predicted molar refractivity (Wildman–Crippen MR) is 61.3 cm³/mol. The molecule has 0 spiro atoms. The first-order valence-corrected chi connectivity index (χ1v) is 5.12. The molecule has 0 radical (unpaired) electrons. The van der Waals surface area contributed by atoms with Gasteiger partial charge in [-0.2, -0.15) is 13.2 Å². The van der Waals surface area contributed by atoms with E-state index < -0.39 is 12.7 Å². The monoisotopic (exact) mass is 248 g/mol. The maximum Gasteiger partial charge on any atom is 0.405 e. The van der Waals surface area contributed by atoms with E-state index in [1.165, 1.54) is 24.1 Å². The molecule has 0 heterocycles. The molecule has 1 aromatic carbocycles. The van der Waals surface area contributed by atoms with Crippen molar-refractivity contribution in [1.82, 2.24) is 0 Å². The molecule has 0 saturated carbocycles. The second-order valence-electron chi connectivity index (χ2n) is 3.56. The van der Waals surface area contributed by atoms with Crippen molar-refractivity contribution in [3.63, 3.8) is 0 Å². The van der Waals surface area contributed by atoms with Crippen LogP contribution in [0.25, 0.3) is 0 Å². The van der Waals surface area contributed by atoms with Gasteiger partial charge in [0.05, 0.1) is 12.8 Å². The standard InChI is InChI=1S/C11H15F3N2O/c1-3-16(7-11(12,13)14)8-4-5-9(15)10(6-8)17-2/h4-6H,3,7,15H2,1-2H3. The van der Waals surface area contributed by atoms with Crippen LogP contribution in [-0.4, -0.2) is 26.4 Å². The summed E-state index contributed by atoms with van der Waals surface area (Å²) in [5, 5.41) is 0. The van der Waals surface area contributed by atoms with E-state index in [1.54, 1.807) is 13.0 Å². The highest BCUT2D eigenvalue weighted by molar-refractivity contribution is 5.62. The fraction of sp³-hybridized carbons (Fsp3) is 0.455. The van der Waals surface area contributed by atoms with Crippen molar-refractivity contribution in [3.8, 4) is 5.75 Å². The zero-order valence-corrected chi connectivity index (χ0v) is 9.71. The van der Waals surface area contributed by atoms with E-state index in [0.717, 1.165) is 0 Å². The lowest BCUT2D eigenvalue weighted by molar-refractivity contribution is -0.119. The van der Waals surface area contributed by atoms with Gasteiger partial charge in [0.1, 0.15) is 12.3 Å². The summed E-state index contributed by atoms with van der Waals surface area (Å²) < 4.78 is 42.0. The molecule has 96 valence electrons. The summed E-state index contributed by atoms with van der Waals surface area (Å²) >= 11 is 0. The van der Waals surface area contributed by atoms with E-state index in [0.29, 0.717) is 17.1 Å². The lowest BCUT2D eigenvalue weighted by atomic mass is 10.2. The van der Waals surface area contributed by atoms with Crippen LogP contribution in [0.4, 0.5) is 24.5 Å². The molecule has 2 N–H and O–H groups in total. The van der Waals surface area contributed by atoms with Gasteiger partial charge in [0, 0.05) is 18.3 Å². The lowest BCUT2D eigenvalue weighted by Gasteiger charge is -2.25. The highest BCUT2D eigenvalue weighted by Crippen LogP contribution is 2.29. The highest BCUT2D eigenvalue weighted by Gasteiger charge is 2.30. The topological polar surface area (TPSA) is 38.5 Å². The fourth-order valence-corrected chi connectivity index (χ4v) is 1.50. The number of alkyl halides is 3. The molecule has 0 aliphatic rings. The van der Waals surface area contributed by atoms with Crippen molar-refractivity contribution < 1.29 is 17.9 Å². The number of anilines is 2. The third-order valence-corrected chi connectivity index (χ3v) is 2.33. The van der Waals surface area contributed by atoms with Gasteiger partial charge in [-0.25, -0.2) is 0 Å². The van der Waals surface area contributed by atoms with Crippen LogP contribution in [0.1, 0.15) is 6.92 Å². The smallest absolute Gasteiger partial charge is 0.405 e. The average molecular weight is 248 g/mol. The molecule has 0 aliphatic carbocycles. The van der Waals surface area contributed by atoms with Crippen molar-refractivity contribution in [2.45, 2.75) is 13.1 Å². The second kappa shape index (κ2) is 5.16. The van der Waals surface area contributed by atoms with Crippen LogP contribution in [0, 0.1) is 0 Å². The molecule has 17 heavy (non-hydrogen) atoms. The van der Waals surface area contributed by atoms with E-state index in [1.807, 2.05) is 0 Å². The van der Waals surface area contributed by atoms with Crippen LogP contribution in [0.5, 0.6) is 5.75 Å². The van der Waals surface area contributed by atoms with Gasteiger partial charge in [0.2, 0.25) is 0 Å². The number of nitrogen functional groups attached to an aromatic ring is 1. The molecule has 1 aromatic rings. The summed E-state index contributed by atoms with van der Waals surface area (Å²) in [6.07, 6.45) is -4.23. The van der Waals surface area contributed by atoms with Crippen molar-refractivity contribution in [2.24, 2.45) is 0 Å².